The molecular formula is C14H11Cl2FO. The zero-order chi connectivity index (χ0) is 13.1. The van der Waals surface area contributed by atoms with Crippen LogP contribution in [0.15, 0.2) is 36.4 Å². The molecule has 0 radical (unpaired) electrons. The molecule has 0 atom stereocenters. The largest absolute Gasteiger partial charge is 0.453 e. The van der Waals surface area contributed by atoms with Gasteiger partial charge in [0, 0.05) is 5.88 Å². The van der Waals surface area contributed by atoms with Crippen LogP contribution >= 0.6 is 23.2 Å². The second kappa shape index (κ2) is 5.59. The van der Waals surface area contributed by atoms with Gasteiger partial charge in [0.25, 0.3) is 0 Å². The summed E-state index contributed by atoms with van der Waals surface area (Å²) < 4.78 is 19.2. The van der Waals surface area contributed by atoms with E-state index >= 15 is 0 Å². The van der Waals surface area contributed by atoms with E-state index in [4.69, 9.17) is 27.9 Å². The number of alkyl halides is 1. The van der Waals surface area contributed by atoms with Gasteiger partial charge in [0.2, 0.25) is 0 Å². The Hall–Kier alpha value is -1.25. The van der Waals surface area contributed by atoms with Crippen LogP contribution < -0.4 is 4.74 Å². The van der Waals surface area contributed by atoms with Crippen molar-refractivity contribution >= 4 is 23.2 Å². The molecule has 4 heteroatoms. The maximum absolute atomic E-state index is 13.8. The Bertz CT molecular complexity index is 570. The Morgan fingerprint density at radius 1 is 1.17 bits per heavy atom. The van der Waals surface area contributed by atoms with Gasteiger partial charge in [0.1, 0.15) is 5.75 Å². The molecule has 0 saturated carbocycles. The molecule has 2 aromatic carbocycles. The van der Waals surface area contributed by atoms with E-state index in [2.05, 4.69) is 0 Å². The highest BCUT2D eigenvalue weighted by Gasteiger charge is 2.09. The lowest BCUT2D eigenvalue weighted by Gasteiger charge is -2.10. The van der Waals surface area contributed by atoms with Crippen molar-refractivity contribution in [3.8, 4) is 11.5 Å². The average Bonchev–Trinajstić information content (AvgIpc) is 2.37. The van der Waals surface area contributed by atoms with Crippen LogP contribution in [-0.4, -0.2) is 0 Å². The normalized spacial score (nSPS) is 10.4. The summed E-state index contributed by atoms with van der Waals surface area (Å²) in [5, 5.41) is 0.411. The topological polar surface area (TPSA) is 9.23 Å². The van der Waals surface area contributed by atoms with Crippen LogP contribution in [0.3, 0.4) is 0 Å². The van der Waals surface area contributed by atoms with Gasteiger partial charge in [-0.25, -0.2) is 4.39 Å². The average molecular weight is 285 g/mol. The first kappa shape index (κ1) is 13.2. The fourth-order valence-electron chi connectivity index (χ4n) is 1.53. The molecule has 0 fully saturated rings. The van der Waals surface area contributed by atoms with E-state index in [1.54, 1.807) is 43.3 Å². The SMILES string of the molecule is Cc1cccc(Oc2ccc(CCl)cc2Cl)c1F. The van der Waals surface area contributed by atoms with E-state index in [9.17, 15) is 4.39 Å². The van der Waals surface area contributed by atoms with E-state index in [-0.39, 0.29) is 11.6 Å². The molecule has 0 aliphatic heterocycles. The summed E-state index contributed by atoms with van der Waals surface area (Å²) >= 11 is 11.7. The molecule has 94 valence electrons. The fourth-order valence-corrected chi connectivity index (χ4v) is 1.94. The fraction of sp³-hybridized carbons (Fsp3) is 0.143. The van der Waals surface area contributed by atoms with E-state index in [0.717, 1.165) is 5.56 Å². The molecule has 0 saturated heterocycles. The highest BCUT2D eigenvalue weighted by Crippen LogP contribution is 2.32. The first-order valence-electron chi connectivity index (χ1n) is 5.39. The molecule has 0 aromatic heterocycles. The summed E-state index contributed by atoms with van der Waals surface area (Å²) in [6.07, 6.45) is 0. The quantitative estimate of drug-likeness (QED) is 0.693. The minimum atomic E-state index is -0.380. The molecule has 0 spiro atoms. The van der Waals surface area contributed by atoms with Gasteiger partial charge < -0.3 is 4.74 Å². The van der Waals surface area contributed by atoms with Gasteiger partial charge in [-0.1, -0.05) is 29.8 Å². The number of hydrogen-bond donors (Lipinski definition) is 0. The first-order chi connectivity index (χ1) is 8.61. The monoisotopic (exact) mass is 284 g/mol. The molecule has 0 N–H and O–H groups in total. The second-order valence-electron chi connectivity index (χ2n) is 3.89. The van der Waals surface area contributed by atoms with Crippen LogP contribution in [0.25, 0.3) is 0 Å². The number of rotatable bonds is 3. The van der Waals surface area contributed by atoms with Crippen LogP contribution in [0, 0.1) is 12.7 Å². The molecular weight excluding hydrogens is 274 g/mol. The predicted octanol–water partition coefficient (Wildman–Crippen LogP) is 5.32. The van der Waals surface area contributed by atoms with Crippen molar-refractivity contribution in [3.63, 3.8) is 0 Å². The Kier molecular flexibility index (Phi) is 4.10. The Morgan fingerprint density at radius 2 is 1.94 bits per heavy atom. The van der Waals surface area contributed by atoms with Crippen molar-refractivity contribution in [1.29, 1.82) is 0 Å². The van der Waals surface area contributed by atoms with Crippen molar-refractivity contribution in [1.82, 2.24) is 0 Å². The molecule has 2 aromatic rings. The molecule has 0 aliphatic carbocycles. The van der Waals surface area contributed by atoms with Crippen molar-refractivity contribution < 1.29 is 9.13 Å². The minimum absolute atomic E-state index is 0.163. The predicted molar refractivity (Wildman–Crippen MR) is 72.2 cm³/mol. The molecule has 0 amide bonds. The van der Waals surface area contributed by atoms with E-state index in [1.807, 2.05) is 0 Å². The molecule has 0 aliphatic rings. The Balaban J connectivity index is 2.31. The summed E-state index contributed by atoms with van der Waals surface area (Å²) in [6.45, 7) is 1.68. The molecule has 0 heterocycles. The second-order valence-corrected chi connectivity index (χ2v) is 4.56. The van der Waals surface area contributed by atoms with Gasteiger partial charge in [0.15, 0.2) is 11.6 Å². The number of aryl methyl sites for hydroxylation is 1. The summed E-state index contributed by atoms with van der Waals surface area (Å²) in [5.41, 5.74) is 1.42. The van der Waals surface area contributed by atoms with E-state index in [1.165, 1.54) is 0 Å². The number of ether oxygens (including phenoxy) is 1. The lowest BCUT2D eigenvalue weighted by atomic mass is 10.2. The lowest BCUT2D eigenvalue weighted by Crippen LogP contribution is -1.92. The minimum Gasteiger partial charge on any atom is -0.453 e. The van der Waals surface area contributed by atoms with Crippen molar-refractivity contribution in [2.24, 2.45) is 0 Å². The number of hydrogen-bond acceptors (Lipinski definition) is 1. The van der Waals surface area contributed by atoms with Gasteiger partial charge in [-0.05, 0) is 36.2 Å². The zero-order valence-electron chi connectivity index (χ0n) is 9.71. The van der Waals surface area contributed by atoms with Gasteiger partial charge >= 0.3 is 0 Å². The van der Waals surface area contributed by atoms with Gasteiger partial charge in [-0.2, -0.15) is 0 Å². The summed E-state index contributed by atoms with van der Waals surface area (Å²) in [6, 6.07) is 10.2. The van der Waals surface area contributed by atoms with Crippen LogP contribution in [0.4, 0.5) is 4.39 Å². The highest BCUT2D eigenvalue weighted by molar-refractivity contribution is 6.32. The van der Waals surface area contributed by atoms with Crippen molar-refractivity contribution in [2.45, 2.75) is 12.8 Å². The lowest BCUT2D eigenvalue weighted by molar-refractivity contribution is 0.440. The Morgan fingerprint density at radius 3 is 2.61 bits per heavy atom. The zero-order valence-corrected chi connectivity index (χ0v) is 11.2. The maximum atomic E-state index is 13.8. The van der Waals surface area contributed by atoms with E-state index < -0.39 is 0 Å². The van der Waals surface area contributed by atoms with Gasteiger partial charge in [-0.15, -0.1) is 11.6 Å². The number of benzene rings is 2. The van der Waals surface area contributed by atoms with Crippen LogP contribution in [0.5, 0.6) is 11.5 Å². The molecule has 0 bridgehead atoms. The van der Waals surface area contributed by atoms with Crippen LogP contribution in [0.2, 0.25) is 5.02 Å². The van der Waals surface area contributed by atoms with Gasteiger partial charge in [0.05, 0.1) is 5.02 Å². The third kappa shape index (κ3) is 2.77. The van der Waals surface area contributed by atoms with Crippen molar-refractivity contribution in [3.05, 3.63) is 58.4 Å². The van der Waals surface area contributed by atoms with Crippen LogP contribution in [0.1, 0.15) is 11.1 Å². The maximum Gasteiger partial charge on any atom is 0.168 e. The first-order valence-corrected chi connectivity index (χ1v) is 6.30. The third-order valence-electron chi connectivity index (χ3n) is 2.53. The molecule has 0 unspecified atom stereocenters. The summed E-state index contributed by atoms with van der Waals surface area (Å²) in [4.78, 5) is 0. The standard InChI is InChI=1S/C14H11Cl2FO/c1-9-3-2-4-13(14(9)17)18-12-6-5-10(8-15)7-11(12)16/h2-7H,8H2,1H3. The molecule has 18 heavy (non-hydrogen) atoms. The highest BCUT2D eigenvalue weighted by atomic mass is 35.5. The third-order valence-corrected chi connectivity index (χ3v) is 3.13. The Labute approximate surface area is 115 Å². The van der Waals surface area contributed by atoms with Gasteiger partial charge in [-0.3, -0.25) is 0 Å². The smallest absolute Gasteiger partial charge is 0.168 e. The van der Waals surface area contributed by atoms with Crippen molar-refractivity contribution in [2.75, 3.05) is 0 Å². The molecule has 1 nitrogen and oxygen atoms in total. The summed E-state index contributed by atoms with van der Waals surface area (Å²) in [5.74, 6) is 0.569. The number of halogens is 3. The van der Waals surface area contributed by atoms with Crippen LogP contribution in [-0.2, 0) is 5.88 Å². The summed E-state index contributed by atoms with van der Waals surface area (Å²) in [7, 11) is 0. The molecule has 2 rings (SSSR count). The van der Waals surface area contributed by atoms with E-state index in [0.29, 0.717) is 22.2 Å².